The van der Waals surface area contributed by atoms with E-state index in [1.165, 1.54) is 39.2 Å². The van der Waals surface area contributed by atoms with Crippen LogP contribution in [0.15, 0.2) is 30.3 Å². The van der Waals surface area contributed by atoms with Gasteiger partial charge in [-0.25, -0.2) is 4.79 Å². The van der Waals surface area contributed by atoms with E-state index >= 15 is 0 Å². The summed E-state index contributed by atoms with van der Waals surface area (Å²) in [6.45, 7) is 3.07. The van der Waals surface area contributed by atoms with Crippen LogP contribution in [-0.2, 0) is 9.53 Å². The normalized spacial score (nSPS) is 12.1. The highest BCUT2D eigenvalue weighted by Crippen LogP contribution is 2.14. The summed E-state index contributed by atoms with van der Waals surface area (Å²) in [5.41, 5.74) is 0.963. The summed E-state index contributed by atoms with van der Waals surface area (Å²) < 4.78 is 4.88. The number of hydrogen-bond acceptors (Lipinski definition) is 3. The van der Waals surface area contributed by atoms with E-state index in [0.717, 1.165) is 18.5 Å². The van der Waals surface area contributed by atoms with E-state index in [1.807, 2.05) is 30.3 Å². The average Bonchev–Trinajstić information content (AvgIpc) is 2.50. The second-order valence-corrected chi connectivity index (χ2v) is 5.09. The second-order valence-electron chi connectivity index (χ2n) is 5.09. The largest absolute Gasteiger partial charge is 0.468 e. The molecule has 0 aliphatic heterocycles. The number of methoxy groups -OCH3 is 1. The molecule has 0 aliphatic rings. The number of benzene rings is 1. The minimum Gasteiger partial charge on any atom is -0.468 e. The van der Waals surface area contributed by atoms with Crippen molar-refractivity contribution in [3.05, 3.63) is 35.9 Å². The van der Waals surface area contributed by atoms with Gasteiger partial charge in [0.15, 0.2) is 0 Å². The van der Waals surface area contributed by atoms with E-state index in [9.17, 15) is 4.79 Å². The maximum atomic E-state index is 11.8. The Kier molecular flexibility index (Phi) is 8.72. The van der Waals surface area contributed by atoms with Gasteiger partial charge in [-0.05, 0) is 18.5 Å². The summed E-state index contributed by atoms with van der Waals surface area (Å²) in [6, 6.07) is 9.39. The van der Waals surface area contributed by atoms with Gasteiger partial charge >= 0.3 is 5.97 Å². The molecular weight excluding hydrogens is 250 g/mol. The molecule has 1 atom stereocenters. The number of nitrogens with one attached hydrogen (secondary N) is 1. The molecule has 1 aromatic carbocycles. The van der Waals surface area contributed by atoms with Crippen LogP contribution in [0.2, 0.25) is 0 Å². The smallest absolute Gasteiger partial charge is 0.327 e. The third-order valence-electron chi connectivity index (χ3n) is 3.45. The highest BCUT2D eigenvalue weighted by Gasteiger charge is 2.19. The lowest BCUT2D eigenvalue weighted by Gasteiger charge is -2.16. The summed E-state index contributed by atoms with van der Waals surface area (Å²) >= 11 is 0. The molecular formula is C17H27NO2. The Hall–Kier alpha value is -1.35. The van der Waals surface area contributed by atoms with Crippen LogP contribution in [-0.4, -0.2) is 19.6 Å². The van der Waals surface area contributed by atoms with E-state index in [0.29, 0.717) is 0 Å². The van der Waals surface area contributed by atoms with Crippen molar-refractivity contribution < 1.29 is 9.53 Å². The Morgan fingerprint density at radius 1 is 1.10 bits per heavy atom. The Bertz CT molecular complexity index is 365. The number of carbonyl (C=O) groups is 1. The zero-order chi connectivity index (χ0) is 14.6. The quantitative estimate of drug-likeness (QED) is 0.521. The van der Waals surface area contributed by atoms with E-state index in [-0.39, 0.29) is 12.0 Å². The van der Waals surface area contributed by atoms with E-state index in [1.54, 1.807) is 0 Å². The molecule has 0 amide bonds. The maximum Gasteiger partial charge on any atom is 0.327 e. The third kappa shape index (κ3) is 6.20. The van der Waals surface area contributed by atoms with Gasteiger partial charge in [-0.3, -0.25) is 0 Å². The van der Waals surface area contributed by atoms with Gasteiger partial charge < -0.3 is 10.1 Å². The fourth-order valence-corrected chi connectivity index (χ4v) is 2.25. The Balaban J connectivity index is 2.34. The first-order valence-electron chi connectivity index (χ1n) is 7.65. The number of esters is 1. The van der Waals surface area contributed by atoms with Gasteiger partial charge in [0.25, 0.3) is 0 Å². The van der Waals surface area contributed by atoms with Crippen LogP contribution in [0.3, 0.4) is 0 Å². The molecule has 0 heterocycles. The van der Waals surface area contributed by atoms with Crippen molar-refractivity contribution in [3.8, 4) is 0 Å². The van der Waals surface area contributed by atoms with Gasteiger partial charge in [-0.15, -0.1) is 0 Å². The van der Waals surface area contributed by atoms with Crippen LogP contribution >= 0.6 is 0 Å². The summed E-state index contributed by atoms with van der Waals surface area (Å²) in [5.74, 6) is -0.220. The molecule has 1 rings (SSSR count). The molecule has 0 aromatic heterocycles. The van der Waals surface area contributed by atoms with Gasteiger partial charge in [-0.1, -0.05) is 69.4 Å². The fraction of sp³-hybridized carbons (Fsp3) is 0.588. The van der Waals surface area contributed by atoms with Crippen LogP contribution in [0, 0.1) is 0 Å². The van der Waals surface area contributed by atoms with Crippen LogP contribution in [0.4, 0.5) is 0 Å². The lowest BCUT2D eigenvalue weighted by molar-refractivity contribution is -0.143. The van der Waals surface area contributed by atoms with Gasteiger partial charge in [0, 0.05) is 0 Å². The zero-order valence-electron chi connectivity index (χ0n) is 12.7. The van der Waals surface area contributed by atoms with Crippen molar-refractivity contribution >= 4 is 5.97 Å². The number of carbonyl (C=O) groups excluding carboxylic acids is 1. The van der Waals surface area contributed by atoms with Crippen LogP contribution in [0.25, 0.3) is 0 Å². The highest BCUT2D eigenvalue weighted by molar-refractivity contribution is 5.77. The fourth-order valence-electron chi connectivity index (χ4n) is 2.25. The first-order chi connectivity index (χ1) is 9.79. The molecule has 20 heavy (non-hydrogen) atoms. The molecule has 3 nitrogen and oxygen atoms in total. The van der Waals surface area contributed by atoms with Crippen LogP contribution in [0.1, 0.15) is 57.1 Å². The SMILES string of the molecule is CCCCCCCCNC(C(=O)OC)c1ccccc1. The Morgan fingerprint density at radius 3 is 2.40 bits per heavy atom. The van der Waals surface area contributed by atoms with E-state index in [2.05, 4.69) is 12.2 Å². The van der Waals surface area contributed by atoms with Crippen molar-refractivity contribution in [2.75, 3.05) is 13.7 Å². The molecule has 0 radical (unpaired) electrons. The first-order valence-corrected chi connectivity index (χ1v) is 7.65. The van der Waals surface area contributed by atoms with Crippen LogP contribution in [0.5, 0.6) is 0 Å². The third-order valence-corrected chi connectivity index (χ3v) is 3.45. The van der Waals surface area contributed by atoms with E-state index in [4.69, 9.17) is 4.74 Å². The summed E-state index contributed by atoms with van der Waals surface area (Å²) in [5, 5.41) is 3.30. The molecule has 1 aromatic rings. The topological polar surface area (TPSA) is 38.3 Å². The average molecular weight is 277 g/mol. The summed E-state index contributed by atoms with van der Waals surface area (Å²) in [4.78, 5) is 11.8. The summed E-state index contributed by atoms with van der Waals surface area (Å²) in [6.07, 6.45) is 7.51. The molecule has 0 spiro atoms. The van der Waals surface area contributed by atoms with Crippen molar-refractivity contribution in [3.63, 3.8) is 0 Å². The molecule has 0 fully saturated rings. The molecule has 112 valence electrons. The first kappa shape index (κ1) is 16.7. The van der Waals surface area contributed by atoms with Gasteiger partial charge in [-0.2, -0.15) is 0 Å². The van der Waals surface area contributed by atoms with Crippen molar-refractivity contribution in [1.29, 1.82) is 0 Å². The minimum atomic E-state index is -0.350. The monoisotopic (exact) mass is 277 g/mol. The minimum absolute atomic E-state index is 0.220. The van der Waals surface area contributed by atoms with Crippen molar-refractivity contribution in [2.24, 2.45) is 0 Å². The Labute approximate surface area is 122 Å². The summed E-state index contributed by atoms with van der Waals surface area (Å²) in [7, 11) is 1.44. The number of ether oxygens (including phenoxy) is 1. The maximum absolute atomic E-state index is 11.8. The van der Waals surface area contributed by atoms with Gasteiger partial charge in [0.1, 0.15) is 6.04 Å². The highest BCUT2D eigenvalue weighted by atomic mass is 16.5. The molecule has 0 bridgehead atoms. The van der Waals surface area contributed by atoms with Crippen LogP contribution < -0.4 is 5.32 Å². The molecule has 0 aliphatic carbocycles. The van der Waals surface area contributed by atoms with Crippen molar-refractivity contribution in [1.82, 2.24) is 5.32 Å². The molecule has 3 heteroatoms. The lowest BCUT2D eigenvalue weighted by Crippen LogP contribution is -2.30. The number of rotatable bonds is 10. The number of unbranched alkanes of at least 4 members (excludes halogenated alkanes) is 5. The Morgan fingerprint density at radius 2 is 1.75 bits per heavy atom. The predicted molar refractivity (Wildman–Crippen MR) is 82.6 cm³/mol. The molecule has 0 saturated heterocycles. The number of hydrogen-bond donors (Lipinski definition) is 1. The zero-order valence-corrected chi connectivity index (χ0v) is 12.7. The van der Waals surface area contributed by atoms with Gasteiger partial charge in [0.2, 0.25) is 0 Å². The molecule has 0 saturated carbocycles. The van der Waals surface area contributed by atoms with Gasteiger partial charge in [0.05, 0.1) is 7.11 Å². The standard InChI is InChI=1S/C17H27NO2/c1-3-4-5-6-7-11-14-18-16(17(19)20-2)15-12-9-8-10-13-15/h8-10,12-13,16,18H,3-7,11,14H2,1-2H3. The predicted octanol–water partition coefficient (Wildman–Crippen LogP) is 3.85. The van der Waals surface area contributed by atoms with Crippen molar-refractivity contribution in [2.45, 2.75) is 51.5 Å². The molecule has 1 unspecified atom stereocenters. The van der Waals surface area contributed by atoms with E-state index < -0.39 is 0 Å². The lowest BCUT2D eigenvalue weighted by atomic mass is 10.1. The molecule has 1 N–H and O–H groups in total. The second kappa shape index (κ2) is 10.4.